The van der Waals surface area contributed by atoms with E-state index in [1.165, 1.54) is 12.1 Å². The lowest BCUT2D eigenvalue weighted by atomic mass is 10.1. The lowest BCUT2D eigenvalue weighted by Gasteiger charge is -2.06. The van der Waals surface area contributed by atoms with E-state index < -0.39 is 10.8 Å². The van der Waals surface area contributed by atoms with Crippen molar-refractivity contribution in [3.8, 4) is 0 Å². The van der Waals surface area contributed by atoms with Crippen LogP contribution in [0.5, 0.6) is 0 Å². The second-order valence-electron chi connectivity index (χ2n) is 4.89. The van der Waals surface area contributed by atoms with E-state index in [9.17, 15) is 8.60 Å². The third-order valence-electron chi connectivity index (χ3n) is 2.99. The molecule has 0 aliphatic heterocycles. The summed E-state index contributed by atoms with van der Waals surface area (Å²) in [7, 11) is -1.06. The zero-order chi connectivity index (χ0) is 14.5. The van der Waals surface area contributed by atoms with Crippen LogP contribution in [0.15, 0.2) is 42.5 Å². The fourth-order valence-corrected chi connectivity index (χ4v) is 3.34. The van der Waals surface area contributed by atoms with Gasteiger partial charge in [0.15, 0.2) is 0 Å². The van der Waals surface area contributed by atoms with Gasteiger partial charge in [-0.05, 0) is 35.7 Å². The Morgan fingerprint density at radius 1 is 1.05 bits per heavy atom. The molecule has 2 N–H and O–H groups in total. The van der Waals surface area contributed by atoms with Crippen LogP contribution in [0.25, 0.3) is 0 Å². The third-order valence-corrected chi connectivity index (χ3v) is 4.30. The van der Waals surface area contributed by atoms with Crippen LogP contribution < -0.4 is 5.73 Å². The Balaban J connectivity index is 2.06. The van der Waals surface area contributed by atoms with Crippen molar-refractivity contribution in [3.05, 3.63) is 70.5 Å². The Labute approximate surface area is 121 Å². The first-order chi connectivity index (χ1) is 9.56. The highest BCUT2D eigenvalue weighted by atomic mass is 32.2. The van der Waals surface area contributed by atoms with E-state index in [0.29, 0.717) is 11.5 Å². The fourth-order valence-electron chi connectivity index (χ4n) is 2.14. The lowest BCUT2D eigenvalue weighted by molar-refractivity contribution is 0.623. The number of benzene rings is 2. The summed E-state index contributed by atoms with van der Waals surface area (Å²) in [6.07, 6.45) is 0. The van der Waals surface area contributed by atoms with Gasteiger partial charge in [-0.15, -0.1) is 0 Å². The fraction of sp³-hybridized carbons (Fsp3) is 0.250. The average Bonchev–Trinajstić information content (AvgIpc) is 2.37. The zero-order valence-corrected chi connectivity index (χ0v) is 12.3. The molecule has 2 aromatic rings. The number of nitrogens with two attached hydrogens (primary N) is 1. The molecule has 2 nitrogen and oxygen atoms in total. The van der Waals surface area contributed by atoms with Crippen molar-refractivity contribution in [2.24, 2.45) is 5.73 Å². The minimum atomic E-state index is -1.06. The van der Waals surface area contributed by atoms with Crippen molar-refractivity contribution < 1.29 is 8.60 Å². The molecule has 0 amide bonds. The molecule has 0 fully saturated rings. The Bertz CT molecular complexity index is 628. The molecule has 0 aromatic heterocycles. The maximum absolute atomic E-state index is 13.4. The molecule has 0 heterocycles. The zero-order valence-electron chi connectivity index (χ0n) is 11.4. The minimum Gasteiger partial charge on any atom is -0.326 e. The van der Waals surface area contributed by atoms with Gasteiger partial charge in [-0.2, -0.15) is 0 Å². The topological polar surface area (TPSA) is 43.1 Å². The highest BCUT2D eigenvalue weighted by molar-refractivity contribution is 7.83. The summed E-state index contributed by atoms with van der Waals surface area (Å²) in [6.45, 7) is 2.29. The molecule has 20 heavy (non-hydrogen) atoms. The van der Waals surface area contributed by atoms with Gasteiger partial charge < -0.3 is 5.73 Å². The van der Waals surface area contributed by atoms with Crippen LogP contribution in [0.4, 0.5) is 4.39 Å². The molecule has 0 aliphatic carbocycles. The molecule has 0 aliphatic rings. The number of rotatable bonds is 5. The van der Waals surface area contributed by atoms with Crippen molar-refractivity contribution >= 4 is 10.8 Å². The summed E-state index contributed by atoms with van der Waals surface area (Å²) in [4.78, 5) is 0. The van der Waals surface area contributed by atoms with Crippen molar-refractivity contribution in [2.45, 2.75) is 25.0 Å². The number of hydrogen-bond acceptors (Lipinski definition) is 2. The van der Waals surface area contributed by atoms with Crippen molar-refractivity contribution in [1.82, 2.24) is 0 Å². The van der Waals surface area contributed by atoms with Crippen LogP contribution >= 0.6 is 0 Å². The van der Waals surface area contributed by atoms with E-state index in [2.05, 4.69) is 0 Å². The molecule has 106 valence electrons. The van der Waals surface area contributed by atoms with Gasteiger partial charge in [-0.3, -0.25) is 4.21 Å². The van der Waals surface area contributed by atoms with E-state index in [-0.39, 0.29) is 12.4 Å². The molecule has 0 spiro atoms. The monoisotopic (exact) mass is 291 g/mol. The van der Waals surface area contributed by atoms with Gasteiger partial charge in [-0.25, -0.2) is 4.39 Å². The molecule has 1 atom stereocenters. The van der Waals surface area contributed by atoms with Crippen molar-refractivity contribution in [2.75, 3.05) is 0 Å². The Kier molecular flexibility index (Phi) is 5.04. The summed E-state index contributed by atoms with van der Waals surface area (Å²) in [5.74, 6) is 0.505. The highest BCUT2D eigenvalue weighted by Crippen LogP contribution is 2.14. The first kappa shape index (κ1) is 14.9. The molecule has 0 radical (unpaired) electrons. The Hall–Kier alpha value is -1.52. The van der Waals surface area contributed by atoms with Crippen LogP contribution in [-0.4, -0.2) is 4.21 Å². The Morgan fingerprint density at radius 3 is 2.45 bits per heavy atom. The van der Waals surface area contributed by atoms with E-state index in [1.54, 1.807) is 0 Å². The maximum atomic E-state index is 13.4. The molecule has 4 heteroatoms. The molecule has 1 unspecified atom stereocenters. The first-order valence-electron chi connectivity index (χ1n) is 6.46. The summed E-state index contributed by atoms with van der Waals surface area (Å²) in [6, 6.07) is 12.6. The van der Waals surface area contributed by atoms with Crippen molar-refractivity contribution in [3.63, 3.8) is 0 Å². The molecular formula is C16H18FNOS. The average molecular weight is 291 g/mol. The van der Waals surface area contributed by atoms with E-state index in [1.807, 2.05) is 37.3 Å². The molecule has 0 saturated heterocycles. The van der Waals surface area contributed by atoms with Crippen LogP contribution in [0, 0.1) is 12.7 Å². The van der Waals surface area contributed by atoms with Crippen LogP contribution in [0.2, 0.25) is 0 Å². The number of halogens is 1. The first-order valence-corrected chi connectivity index (χ1v) is 7.94. The SMILES string of the molecule is Cc1cccc(CS(=O)Cc2cc(F)cc(CN)c2)c1. The standard InChI is InChI=1S/C16H18FNOS/c1-12-3-2-4-13(5-12)10-20(19)11-15-6-14(9-18)7-16(17)8-15/h2-8H,9-11,18H2,1H3. The largest absolute Gasteiger partial charge is 0.326 e. The number of aryl methyl sites for hydroxylation is 1. The molecular weight excluding hydrogens is 273 g/mol. The smallest absolute Gasteiger partial charge is 0.123 e. The molecule has 2 rings (SSSR count). The third kappa shape index (κ3) is 4.25. The second kappa shape index (κ2) is 6.77. The van der Waals surface area contributed by atoms with Crippen LogP contribution in [0.3, 0.4) is 0 Å². The summed E-state index contributed by atoms with van der Waals surface area (Å²) in [5, 5.41) is 0. The quantitative estimate of drug-likeness (QED) is 0.920. The normalized spacial score (nSPS) is 12.3. The van der Waals surface area contributed by atoms with E-state index >= 15 is 0 Å². The molecule has 0 saturated carbocycles. The lowest BCUT2D eigenvalue weighted by Crippen LogP contribution is -2.03. The molecule has 0 bridgehead atoms. The predicted molar refractivity (Wildman–Crippen MR) is 81.0 cm³/mol. The summed E-state index contributed by atoms with van der Waals surface area (Å²) in [5.41, 5.74) is 9.17. The summed E-state index contributed by atoms with van der Waals surface area (Å²) < 4.78 is 25.6. The van der Waals surface area contributed by atoms with Crippen molar-refractivity contribution in [1.29, 1.82) is 0 Å². The highest BCUT2D eigenvalue weighted by Gasteiger charge is 2.06. The van der Waals surface area contributed by atoms with Gasteiger partial charge in [0.2, 0.25) is 0 Å². The predicted octanol–water partition coefficient (Wildman–Crippen LogP) is 3.04. The van der Waals surface area contributed by atoms with Gasteiger partial charge in [0.05, 0.1) is 0 Å². The maximum Gasteiger partial charge on any atom is 0.123 e. The van der Waals surface area contributed by atoms with Crippen LogP contribution in [0.1, 0.15) is 22.3 Å². The van der Waals surface area contributed by atoms with Gasteiger partial charge in [0, 0.05) is 28.9 Å². The number of hydrogen-bond donors (Lipinski definition) is 1. The minimum absolute atomic E-state index is 0.287. The van der Waals surface area contributed by atoms with E-state index in [4.69, 9.17) is 5.73 Å². The van der Waals surface area contributed by atoms with Gasteiger partial charge in [0.1, 0.15) is 5.82 Å². The van der Waals surface area contributed by atoms with Gasteiger partial charge in [-0.1, -0.05) is 35.9 Å². The van der Waals surface area contributed by atoms with E-state index in [0.717, 1.165) is 22.3 Å². The Morgan fingerprint density at radius 2 is 1.75 bits per heavy atom. The second-order valence-corrected chi connectivity index (χ2v) is 6.35. The van der Waals surface area contributed by atoms with Gasteiger partial charge in [0.25, 0.3) is 0 Å². The van der Waals surface area contributed by atoms with Crippen LogP contribution in [-0.2, 0) is 28.9 Å². The molecule has 2 aromatic carbocycles. The van der Waals surface area contributed by atoms with Gasteiger partial charge >= 0.3 is 0 Å². The summed E-state index contributed by atoms with van der Waals surface area (Å²) >= 11 is 0.